The topological polar surface area (TPSA) is 90.8 Å². The molecule has 0 aliphatic heterocycles. The SMILES string of the molecule is C/C(=N\NC(=O)C(=O)NC(C)C)c1cc(C)ccc1O. The van der Waals surface area contributed by atoms with E-state index in [1.165, 1.54) is 0 Å². The molecule has 0 aliphatic carbocycles. The fraction of sp³-hybridized carbons (Fsp3) is 0.357. The zero-order valence-corrected chi connectivity index (χ0v) is 12.0. The lowest BCUT2D eigenvalue weighted by molar-refractivity contribution is -0.139. The number of nitrogens with zero attached hydrogens (tertiary/aromatic N) is 1. The summed E-state index contributed by atoms with van der Waals surface area (Å²) >= 11 is 0. The first-order chi connectivity index (χ1) is 9.31. The van der Waals surface area contributed by atoms with Crippen molar-refractivity contribution in [1.82, 2.24) is 10.7 Å². The number of aryl methyl sites for hydroxylation is 1. The van der Waals surface area contributed by atoms with Gasteiger partial charge in [-0.3, -0.25) is 9.59 Å². The smallest absolute Gasteiger partial charge is 0.329 e. The predicted octanol–water partition coefficient (Wildman–Crippen LogP) is 1.07. The van der Waals surface area contributed by atoms with E-state index in [4.69, 9.17) is 0 Å². The molecule has 0 radical (unpaired) electrons. The summed E-state index contributed by atoms with van der Waals surface area (Å²) in [5.74, 6) is -1.52. The Bertz CT molecular complexity index is 551. The fourth-order valence-electron chi connectivity index (χ4n) is 1.51. The van der Waals surface area contributed by atoms with E-state index in [9.17, 15) is 14.7 Å². The fourth-order valence-corrected chi connectivity index (χ4v) is 1.51. The minimum absolute atomic E-state index is 0.0673. The average molecular weight is 277 g/mol. The van der Waals surface area contributed by atoms with Crippen molar-refractivity contribution in [1.29, 1.82) is 0 Å². The van der Waals surface area contributed by atoms with Crippen LogP contribution in [0.15, 0.2) is 23.3 Å². The second-order valence-corrected chi connectivity index (χ2v) is 4.79. The summed E-state index contributed by atoms with van der Waals surface area (Å²) in [6, 6.07) is 4.94. The lowest BCUT2D eigenvalue weighted by atomic mass is 10.1. The molecule has 0 saturated carbocycles. The van der Waals surface area contributed by atoms with Crippen LogP contribution in [0.5, 0.6) is 5.75 Å². The van der Waals surface area contributed by atoms with Gasteiger partial charge in [-0.2, -0.15) is 5.10 Å². The normalized spacial score (nSPS) is 11.3. The molecule has 0 heterocycles. The van der Waals surface area contributed by atoms with Gasteiger partial charge in [-0.15, -0.1) is 0 Å². The van der Waals surface area contributed by atoms with E-state index < -0.39 is 11.8 Å². The van der Waals surface area contributed by atoms with Gasteiger partial charge in [0.05, 0.1) is 5.71 Å². The monoisotopic (exact) mass is 277 g/mol. The van der Waals surface area contributed by atoms with Crippen LogP contribution in [0, 0.1) is 6.92 Å². The van der Waals surface area contributed by atoms with E-state index >= 15 is 0 Å². The summed E-state index contributed by atoms with van der Waals surface area (Å²) in [7, 11) is 0. The molecule has 1 rings (SSSR count). The Morgan fingerprint density at radius 2 is 1.90 bits per heavy atom. The van der Waals surface area contributed by atoms with Crippen molar-refractivity contribution < 1.29 is 14.7 Å². The van der Waals surface area contributed by atoms with Crippen molar-refractivity contribution >= 4 is 17.5 Å². The van der Waals surface area contributed by atoms with Gasteiger partial charge < -0.3 is 10.4 Å². The molecule has 0 bridgehead atoms. The molecule has 0 unspecified atom stereocenters. The zero-order chi connectivity index (χ0) is 15.3. The standard InChI is InChI=1S/C14H19N3O3/c1-8(2)15-13(19)14(20)17-16-10(4)11-7-9(3)5-6-12(11)18/h5-8,18H,1-4H3,(H,15,19)(H,17,20)/b16-10+. The molecule has 108 valence electrons. The molecule has 6 heteroatoms. The largest absolute Gasteiger partial charge is 0.507 e. The third-order valence-corrected chi connectivity index (χ3v) is 2.49. The Morgan fingerprint density at radius 1 is 1.25 bits per heavy atom. The molecule has 6 nitrogen and oxygen atoms in total. The van der Waals surface area contributed by atoms with Crippen LogP contribution in [-0.2, 0) is 9.59 Å². The highest BCUT2D eigenvalue weighted by Crippen LogP contribution is 2.18. The van der Waals surface area contributed by atoms with Gasteiger partial charge in [-0.25, -0.2) is 5.43 Å². The molecule has 0 aliphatic rings. The van der Waals surface area contributed by atoms with Crippen LogP contribution in [0.1, 0.15) is 31.9 Å². The van der Waals surface area contributed by atoms with Crippen LogP contribution >= 0.6 is 0 Å². The molecule has 0 saturated heterocycles. The van der Waals surface area contributed by atoms with Crippen LogP contribution in [0.3, 0.4) is 0 Å². The van der Waals surface area contributed by atoms with Gasteiger partial charge in [0.2, 0.25) is 0 Å². The third-order valence-electron chi connectivity index (χ3n) is 2.49. The second kappa shape index (κ2) is 6.70. The molecule has 0 spiro atoms. The number of rotatable bonds is 3. The summed E-state index contributed by atoms with van der Waals surface area (Å²) in [5.41, 5.74) is 4.04. The van der Waals surface area contributed by atoms with E-state index in [0.717, 1.165) is 5.56 Å². The number of aromatic hydroxyl groups is 1. The lowest BCUT2D eigenvalue weighted by Gasteiger charge is -2.08. The quantitative estimate of drug-likeness (QED) is 0.438. The molecule has 0 aromatic heterocycles. The maximum Gasteiger partial charge on any atom is 0.329 e. The molecular formula is C14H19N3O3. The van der Waals surface area contributed by atoms with E-state index in [0.29, 0.717) is 11.3 Å². The summed E-state index contributed by atoms with van der Waals surface area (Å²) in [5, 5.41) is 16.0. The predicted molar refractivity (Wildman–Crippen MR) is 76.5 cm³/mol. The lowest BCUT2D eigenvalue weighted by Crippen LogP contribution is -2.41. The Hall–Kier alpha value is -2.37. The first-order valence-electron chi connectivity index (χ1n) is 6.26. The number of hydrogen-bond acceptors (Lipinski definition) is 4. The van der Waals surface area contributed by atoms with Gasteiger partial charge in [-0.05, 0) is 39.8 Å². The molecule has 3 N–H and O–H groups in total. The second-order valence-electron chi connectivity index (χ2n) is 4.79. The molecule has 20 heavy (non-hydrogen) atoms. The highest BCUT2D eigenvalue weighted by molar-refractivity contribution is 6.35. The van der Waals surface area contributed by atoms with Gasteiger partial charge in [0, 0.05) is 11.6 Å². The van der Waals surface area contributed by atoms with Crippen LogP contribution in [0.25, 0.3) is 0 Å². The van der Waals surface area contributed by atoms with E-state index in [1.807, 2.05) is 6.92 Å². The van der Waals surface area contributed by atoms with Crippen LogP contribution in [0.2, 0.25) is 0 Å². The number of carbonyl (C=O) groups is 2. The van der Waals surface area contributed by atoms with Crippen molar-refractivity contribution in [3.8, 4) is 5.75 Å². The van der Waals surface area contributed by atoms with Gasteiger partial charge in [-0.1, -0.05) is 11.6 Å². The number of benzene rings is 1. The molecule has 2 amide bonds. The van der Waals surface area contributed by atoms with Gasteiger partial charge in [0.1, 0.15) is 5.75 Å². The van der Waals surface area contributed by atoms with Crippen molar-refractivity contribution in [2.24, 2.45) is 5.10 Å². The summed E-state index contributed by atoms with van der Waals surface area (Å²) in [4.78, 5) is 22.9. The first-order valence-corrected chi connectivity index (χ1v) is 6.26. The Balaban J connectivity index is 2.77. The Labute approximate surface area is 117 Å². The first kappa shape index (κ1) is 15.7. The summed E-state index contributed by atoms with van der Waals surface area (Å²) in [6.07, 6.45) is 0. The highest BCUT2D eigenvalue weighted by Gasteiger charge is 2.14. The number of hydrogen-bond donors (Lipinski definition) is 3. The molecule has 0 fully saturated rings. The number of phenolic OH excluding ortho intramolecular Hbond substituents is 1. The minimum Gasteiger partial charge on any atom is -0.507 e. The van der Waals surface area contributed by atoms with Crippen molar-refractivity contribution in [2.75, 3.05) is 0 Å². The van der Waals surface area contributed by atoms with Crippen molar-refractivity contribution in [3.05, 3.63) is 29.3 Å². The zero-order valence-electron chi connectivity index (χ0n) is 12.0. The summed E-state index contributed by atoms with van der Waals surface area (Å²) in [6.45, 7) is 7.02. The van der Waals surface area contributed by atoms with Gasteiger partial charge in [0.25, 0.3) is 0 Å². The Kier molecular flexibility index (Phi) is 5.25. The summed E-state index contributed by atoms with van der Waals surface area (Å²) < 4.78 is 0. The highest BCUT2D eigenvalue weighted by atomic mass is 16.3. The molecule has 0 atom stereocenters. The van der Waals surface area contributed by atoms with Crippen molar-refractivity contribution in [3.63, 3.8) is 0 Å². The Morgan fingerprint density at radius 3 is 2.50 bits per heavy atom. The van der Waals surface area contributed by atoms with Crippen LogP contribution in [-0.4, -0.2) is 28.7 Å². The molecular weight excluding hydrogens is 258 g/mol. The van der Waals surface area contributed by atoms with Gasteiger partial charge in [0.15, 0.2) is 0 Å². The molecule has 1 aromatic rings. The number of amides is 2. The minimum atomic E-state index is -0.842. The number of nitrogens with one attached hydrogen (secondary N) is 2. The maximum atomic E-state index is 11.5. The number of carbonyl (C=O) groups excluding carboxylic acids is 2. The van der Waals surface area contributed by atoms with Crippen LogP contribution in [0.4, 0.5) is 0 Å². The van der Waals surface area contributed by atoms with Gasteiger partial charge >= 0.3 is 11.8 Å². The van der Waals surface area contributed by atoms with E-state index in [2.05, 4.69) is 15.8 Å². The third kappa shape index (κ3) is 4.38. The van der Waals surface area contributed by atoms with Crippen molar-refractivity contribution in [2.45, 2.75) is 33.7 Å². The number of hydrazone groups is 1. The van der Waals surface area contributed by atoms with Crippen LogP contribution < -0.4 is 10.7 Å². The maximum absolute atomic E-state index is 11.5. The average Bonchev–Trinajstić information content (AvgIpc) is 2.37. The van der Waals surface area contributed by atoms with E-state index in [-0.39, 0.29) is 11.8 Å². The van der Waals surface area contributed by atoms with E-state index in [1.54, 1.807) is 39.0 Å². The number of phenols is 1. The molecule has 1 aromatic carbocycles.